The summed E-state index contributed by atoms with van der Waals surface area (Å²) in [5, 5.41) is 1.90. The summed E-state index contributed by atoms with van der Waals surface area (Å²) < 4.78 is 16.5. The molecule has 1 saturated heterocycles. The Morgan fingerprint density at radius 2 is 1.78 bits per heavy atom. The molecular weight excluding hydrogens is 315 g/mol. The molecule has 1 aromatic heterocycles. The van der Waals surface area contributed by atoms with Crippen LogP contribution in [0.4, 0.5) is 0 Å². The highest BCUT2D eigenvalue weighted by atomic mass is 32.1. The Balaban J connectivity index is 1.96. The van der Waals surface area contributed by atoms with Crippen molar-refractivity contribution in [1.82, 2.24) is 0 Å². The zero-order valence-corrected chi connectivity index (χ0v) is 15.1. The highest BCUT2D eigenvalue weighted by Crippen LogP contribution is 2.36. The number of esters is 1. The zero-order chi connectivity index (χ0) is 17.3. The molecule has 1 aliphatic rings. The van der Waals surface area contributed by atoms with Crippen molar-refractivity contribution in [2.75, 3.05) is 7.11 Å². The number of carbonyl (C=O) groups is 2. The Kier molecular flexibility index (Phi) is 5.33. The van der Waals surface area contributed by atoms with Crippen molar-refractivity contribution in [2.45, 2.75) is 58.2 Å². The Bertz CT molecular complexity index is 577. The van der Waals surface area contributed by atoms with E-state index in [1.165, 1.54) is 18.4 Å². The first-order valence-corrected chi connectivity index (χ1v) is 8.58. The van der Waals surface area contributed by atoms with Crippen molar-refractivity contribution >= 4 is 35.7 Å². The summed E-state index contributed by atoms with van der Waals surface area (Å²) in [6.07, 6.45) is 1.09. The van der Waals surface area contributed by atoms with Gasteiger partial charge in [0.15, 0.2) is 5.78 Å². The van der Waals surface area contributed by atoms with Crippen LogP contribution in [0, 0.1) is 0 Å². The summed E-state index contributed by atoms with van der Waals surface area (Å²) in [5.74, 6) is -0.261. The molecule has 2 heterocycles. The summed E-state index contributed by atoms with van der Waals surface area (Å²) >= 11 is 1.38. The van der Waals surface area contributed by atoms with Gasteiger partial charge in [-0.1, -0.05) is 0 Å². The van der Waals surface area contributed by atoms with Gasteiger partial charge in [-0.15, -0.1) is 11.3 Å². The summed E-state index contributed by atoms with van der Waals surface area (Å²) in [4.78, 5) is 23.9. The van der Waals surface area contributed by atoms with Crippen LogP contribution in [0.15, 0.2) is 11.4 Å². The van der Waals surface area contributed by atoms with Crippen LogP contribution in [0.25, 0.3) is 0 Å². The third kappa shape index (κ3) is 4.02. The number of Topliss-reactive ketones (excluding diaryl/α,β-unsaturated/α-hetero) is 1. The molecule has 2 rings (SSSR count). The smallest absolute Gasteiger partial charge is 0.469 e. The van der Waals surface area contributed by atoms with E-state index >= 15 is 0 Å². The average molecular weight is 338 g/mol. The van der Waals surface area contributed by atoms with Gasteiger partial charge in [0.2, 0.25) is 0 Å². The molecule has 1 aliphatic heterocycles. The van der Waals surface area contributed by atoms with Crippen molar-refractivity contribution in [3.05, 3.63) is 16.3 Å². The Morgan fingerprint density at radius 3 is 2.35 bits per heavy atom. The standard InChI is InChI=1S/C16H23BO5S/c1-15(2)16(3,4)22-17(21-15)11-9-13(23-10-11)12(18)7-6-8-14(19)20-5/h9-10H,6-8H2,1-5H3. The van der Waals surface area contributed by atoms with E-state index in [-0.39, 0.29) is 18.2 Å². The normalized spacial score (nSPS) is 18.9. The molecule has 0 atom stereocenters. The van der Waals surface area contributed by atoms with Crippen LogP contribution < -0.4 is 5.46 Å². The number of hydrogen-bond donors (Lipinski definition) is 0. The van der Waals surface area contributed by atoms with Crippen molar-refractivity contribution < 1.29 is 23.6 Å². The topological polar surface area (TPSA) is 61.8 Å². The largest absolute Gasteiger partial charge is 0.495 e. The summed E-state index contributed by atoms with van der Waals surface area (Å²) in [6, 6.07) is 1.83. The van der Waals surface area contributed by atoms with Gasteiger partial charge in [0.05, 0.1) is 23.2 Å². The van der Waals surface area contributed by atoms with Crippen LogP contribution in [0.3, 0.4) is 0 Å². The van der Waals surface area contributed by atoms with Crippen LogP contribution in [0.2, 0.25) is 0 Å². The fraction of sp³-hybridized carbons (Fsp3) is 0.625. The summed E-state index contributed by atoms with van der Waals surface area (Å²) in [6.45, 7) is 7.99. The minimum atomic E-state index is -0.451. The van der Waals surface area contributed by atoms with Gasteiger partial charge in [-0.3, -0.25) is 9.59 Å². The number of hydrogen-bond acceptors (Lipinski definition) is 6. The van der Waals surface area contributed by atoms with E-state index in [1.807, 2.05) is 39.1 Å². The van der Waals surface area contributed by atoms with Crippen LogP contribution in [0.5, 0.6) is 0 Å². The third-order valence-electron chi connectivity index (χ3n) is 4.43. The Hall–Kier alpha value is -1.18. The molecule has 0 aromatic carbocycles. The van der Waals surface area contributed by atoms with E-state index in [0.29, 0.717) is 17.7 Å². The molecule has 7 heteroatoms. The van der Waals surface area contributed by atoms with Crippen LogP contribution in [-0.4, -0.2) is 37.2 Å². The molecule has 0 unspecified atom stereocenters. The second-order valence-electron chi connectivity index (χ2n) is 6.69. The maximum atomic E-state index is 12.2. The van der Waals surface area contributed by atoms with Crippen molar-refractivity contribution in [3.8, 4) is 0 Å². The second-order valence-corrected chi connectivity index (χ2v) is 7.60. The van der Waals surface area contributed by atoms with Gasteiger partial charge < -0.3 is 14.0 Å². The molecule has 0 amide bonds. The molecule has 126 valence electrons. The second kappa shape index (κ2) is 6.75. The molecule has 0 saturated carbocycles. The number of ketones is 1. The molecule has 1 aromatic rings. The van der Waals surface area contributed by atoms with Gasteiger partial charge in [-0.25, -0.2) is 0 Å². The maximum Gasteiger partial charge on any atom is 0.495 e. The van der Waals surface area contributed by atoms with Crippen molar-refractivity contribution in [1.29, 1.82) is 0 Å². The molecule has 0 radical (unpaired) electrons. The maximum absolute atomic E-state index is 12.2. The Morgan fingerprint density at radius 1 is 1.17 bits per heavy atom. The first-order chi connectivity index (χ1) is 10.7. The van der Waals surface area contributed by atoms with E-state index in [9.17, 15) is 9.59 Å². The van der Waals surface area contributed by atoms with E-state index < -0.39 is 18.3 Å². The Labute approximate surface area is 141 Å². The first kappa shape index (κ1) is 18.2. The zero-order valence-electron chi connectivity index (χ0n) is 14.3. The fourth-order valence-corrected chi connectivity index (χ4v) is 3.10. The molecular formula is C16H23BO5S. The van der Waals surface area contributed by atoms with Crippen molar-refractivity contribution in [2.24, 2.45) is 0 Å². The lowest BCUT2D eigenvalue weighted by molar-refractivity contribution is -0.140. The minimum absolute atomic E-state index is 0.0293. The van der Waals surface area contributed by atoms with Gasteiger partial charge in [0.25, 0.3) is 0 Å². The molecule has 0 N–H and O–H groups in total. The lowest BCUT2D eigenvalue weighted by Gasteiger charge is -2.32. The van der Waals surface area contributed by atoms with Crippen LogP contribution in [-0.2, 0) is 18.8 Å². The van der Waals surface area contributed by atoms with Gasteiger partial charge in [0.1, 0.15) is 0 Å². The molecule has 5 nitrogen and oxygen atoms in total. The fourth-order valence-electron chi connectivity index (χ4n) is 2.22. The number of thiophene rings is 1. The van der Waals surface area contributed by atoms with Crippen molar-refractivity contribution in [3.63, 3.8) is 0 Å². The molecule has 0 spiro atoms. The monoisotopic (exact) mass is 338 g/mol. The van der Waals surface area contributed by atoms with Crippen LogP contribution in [0.1, 0.15) is 56.6 Å². The quantitative estimate of drug-likeness (QED) is 0.453. The lowest BCUT2D eigenvalue weighted by atomic mass is 9.81. The molecule has 0 aliphatic carbocycles. The number of carbonyl (C=O) groups excluding carboxylic acids is 2. The number of ether oxygens (including phenoxy) is 1. The summed E-state index contributed by atoms with van der Waals surface area (Å²) in [7, 11) is 0.896. The van der Waals surface area contributed by atoms with Crippen LogP contribution >= 0.6 is 11.3 Å². The van der Waals surface area contributed by atoms with Gasteiger partial charge in [0, 0.05) is 12.8 Å². The molecule has 1 fully saturated rings. The van der Waals surface area contributed by atoms with Gasteiger partial charge in [-0.2, -0.15) is 0 Å². The first-order valence-electron chi connectivity index (χ1n) is 7.70. The lowest BCUT2D eigenvalue weighted by Crippen LogP contribution is -2.41. The van der Waals surface area contributed by atoms with E-state index in [2.05, 4.69) is 4.74 Å². The predicted octanol–water partition coefficient (Wildman–Crippen LogP) is 2.57. The third-order valence-corrected chi connectivity index (χ3v) is 5.42. The SMILES string of the molecule is COC(=O)CCCC(=O)c1cc(B2OC(C)(C)C(C)(C)O2)cs1. The number of rotatable bonds is 6. The average Bonchev–Trinajstić information content (AvgIpc) is 3.02. The summed E-state index contributed by atoms with van der Waals surface area (Å²) in [5.41, 5.74) is 0.0687. The minimum Gasteiger partial charge on any atom is -0.469 e. The van der Waals surface area contributed by atoms with Gasteiger partial charge >= 0.3 is 13.1 Å². The predicted molar refractivity (Wildman–Crippen MR) is 90.2 cm³/mol. The molecule has 23 heavy (non-hydrogen) atoms. The van der Waals surface area contributed by atoms with Gasteiger partial charge in [-0.05, 0) is 51.0 Å². The highest BCUT2D eigenvalue weighted by Gasteiger charge is 2.51. The number of methoxy groups -OCH3 is 1. The van der Waals surface area contributed by atoms with E-state index in [0.717, 1.165) is 5.46 Å². The van der Waals surface area contributed by atoms with E-state index in [4.69, 9.17) is 9.31 Å². The highest BCUT2D eigenvalue weighted by molar-refractivity contribution is 7.13. The van der Waals surface area contributed by atoms with E-state index in [1.54, 1.807) is 0 Å². The molecule has 0 bridgehead atoms.